The van der Waals surface area contributed by atoms with Crippen LogP contribution in [0.2, 0.25) is 0 Å². The number of carbonyl (C=O) groups excluding carboxylic acids is 5. The summed E-state index contributed by atoms with van der Waals surface area (Å²) >= 11 is 0. The van der Waals surface area contributed by atoms with Gasteiger partial charge in [-0.2, -0.15) is 0 Å². The molecule has 0 aromatic heterocycles. The molecule has 2 rings (SSSR count). The van der Waals surface area contributed by atoms with Crippen molar-refractivity contribution in [3.8, 4) is 0 Å². The van der Waals surface area contributed by atoms with Crippen molar-refractivity contribution in [3.05, 3.63) is 12.7 Å². The van der Waals surface area contributed by atoms with E-state index in [1.165, 1.54) is 0 Å². The maximum atomic E-state index is 13.7. The lowest BCUT2D eigenvalue weighted by molar-refractivity contribution is -0.141. The second-order valence-corrected chi connectivity index (χ2v) is 14.1. The van der Waals surface area contributed by atoms with E-state index in [4.69, 9.17) is 5.73 Å². The molecule has 3 N–H and O–H groups in total. The first-order valence-electron chi connectivity index (χ1n) is 14.1. The molecule has 38 heavy (non-hydrogen) atoms. The van der Waals surface area contributed by atoms with E-state index in [-0.39, 0.29) is 53.9 Å². The summed E-state index contributed by atoms with van der Waals surface area (Å²) in [4.78, 5) is 65.0. The summed E-state index contributed by atoms with van der Waals surface area (Å²) in [5.41, 5.74) is 4.65. The van der Waals surface area contributed by atoms with Gasteiger partial charge in [-0.25, -0.2) is 0 Å². The third-order valence-electron chi connectivity index (χ3n) is 8.45. The van der Waals surface area contributed by atoms with Crippen LogP contribution in [0.1, 0.15) is 99.8 Å². The van der Waals surface area contributed by atoms with Gasteiger partial charge in [0.05, 0.1) is 11.6 Å². The van der Waals surface area contributed by atoms with E-state index >= 15 is 0 Å². The largest absolute Gasteiger partial charge is 0.390 e. The van der Waals surface area contributed by atoms with Gasteiger partial charge < -0.3 is 10.8 Å². The summed E-state index contributed by atoms with van der Waals surface area (Å²) in [7, 11) is 0. The van der Waals surface area contributed by atoms with Crippen LogP contribution in [-0.4, -0.2) is 45.7 Å². The molecule has 0 aromatic rings. The van der Waals surface area contributed by atoms with Crippen LogP contribution >= 0.6 is 0 Å². The van der Waals surface area contributed by atoms with Gasteiger partial charge in [0, 0.05) is 49.4 Å². The maximum Gasteiger partial charge on any atom is 0.201 e. The Morgan fingerprint density at radius 3 is 2.21 bits per heavy atom. The molecule has 0 radical (unpaired) electrons. The van der Waals surface area contributed by atoms with E-state index in [0.717, 1.165) is 0 Å². The molecule has 2 aliphatic carbocycles. The summed E-state index contributed by atoms with van der Waals surface area (Å²) in [6.07, 6.45) is 3.60. The summed E-state index contributed by atoms with van der Waals surface area (Å²) < 4.78 is 0. The number of rotatable bonds is 15. The number of Topliss-reactive ketones (excluding diaryl/α,β-unsaturated/α-hetero) is 5. The van der Waals surface area contributed by atoms with Crippen molar-refractivity contribution in [2.75, 3.05) is 0 Å². The van der Waals surface area contributed by atoms with Gasteiger partial charge in [-0.3, -0.25) is 24.0 Å². The molecular formula is C31H49NO6. The first-order valence-corrected chi connectivity index (χ1v) is 14.1. The first kappa shape index (κ1) is 32.2. The highest BCUT2D eigenvalue weighted by molar-refractivity contribution is 6.38. The molecule has 0 saturated heterocycles. The molecule has 7 atom stereocenters. The van der Waals surface area contributed by atoms with E-state index in [0.29, 0.717) is 32.1 Å². The second-order valence-electron chi connectivity index (χ2n) is 14.1. The number of nitrogens with two attached hydrogens (primary N) is 1. The minimum absolute atomic E-state index is 0.0299. The highest BCUT2D eigenvalue weighted by Crippen LogP contribution is 2.66. The SMILES string of the molecule is C=CCC[C@@H](CC(=O)C1C(C(=O)C(N)C(C)(C)C)CC2C1[C@@]2(C)O)C(=O)C(=O)CCCC(=O)CC(C)(C)C. The molecule has 7 nitrogen and oxygen atoms in total. The number of allylic oxidation sites excluding steroid dienone is 1. The average molecular weight is 532 g/mol. The smallest absolute Gasteiger partial charge is 0.201 e. The van der Waals surface area contributed by atoms with Crippen molar-refractivity contribution in [1.29, 1.82) is 0 Å². The molecule has 214 valence electrons. The summed E-state index contributed by atoms with van der Waals surface area (Å²) in [5.74, 6) is -4.14. The van der Waals surface area contributed by atoms with Gasteiger partial charge in [-0.15, -0.1) is 6.58 Å². The Bertz CT molecular complexity index is 950. The van der Waals surface area contributed by atoms with Crippen molar-refractivity contribution in [3.63, 3.8) is 0 Å². The Morgan fingerprint density at radius 2 is 1.68 bits per heavy atom. The topological polar surface area (TPSA) is 132 Å². The van der Waals surface area contributed by atoms with Crippen LogP contribution in [0.4, 0.5) is 0 Å². The third kappa shape index (κ3) is 7.78. The zero-order valence-electron chi connectivity index (χ0n) is 24.5. The molecular weight excluding hydrogens is 482 g/mol. The average Bonchev–Trinajstić information content (AvgIpc) is 3.12. The van der Waals surface area contributed by atoms with Gasteiger partial charge in [0.2, 0.25) is 5.78 Å². The van der Waals surface area contributed by atoms with Crippen molar-refractivity contribution >= 4 is 28.9 Å². The number of carbonyl (C=O) groups is 5. The highest BCUT2D eigenvalue weighted by atomic mass is 16.3. The summed E-state index contributed by atoms with van der Waals surface area (Å²) in [6.45, 7) is 17.0. The molecule has 5 unspecified atom stereocenters. The van der Waals surface area contributed by atoms with Crippen molar-refractivity contribution < 1.29 is 29.1 Å². The van der Waals surface area contributed by atoms with E-state index in [9.17, 15) is 29.1 Å². The quantitative estimate of drug-likeness (QED) is 0.236. The van der Waals surface area contributed by atoms with Crippen LogP contribution < -0.4 is 5.73 Å². The lowest BCUT2D eigenvalue weighted by Crippen LogP contribution is -2.48. The predicted molar refractivity (Wildman–Crippen MR) is 147 cm³/mol. The predicted octanol–water partition coefficient (Wildman–Crippen LogP) is 4.42. The van der Waals surface area contributed by atoms with Gasteiger partial charge in [0.1, 0.15) is 11.6 Å². The lowest BCUT2D eigenvalue weighted by atomic mass is 9.73. The fraction of sp³-hybridized carbons (Fsp3) is 0.774. The normalized spacial score (nSPS) is 28.2. The van der Waals surface area contributed by atoms with Gasteiger partial charge >= 0.3 is 0 Å². The molecule has 2 aliphatic rings. The fourth-order valence-electron chi connectivity index (χ4n) is 6.17. The van der Waals surface area contributed by atoms with Crippen molar-refractivity contribution in [2.24, 2.45) is 46.2 Å². The van der Waals surface area contributed by atoms with E-state index in [1.54, 1.807) is 13.0 Å². The van der Waals surface area contributed by atoms with Crippen LogP contribution in [-0.2, 0) is 24.0 Å². The van der Waals surface area contributed by atoms with Crippen LogP contribution in [0.25, 0.3) is 0 Å². The molecule has 0 bridgehead atoms. The third-order valence-corrected chi connectivity index (χ3v) is 8.45. The summed E-state index contributed by atoms with van der Waals surface area (Å²) in [6, 6.07) is -0.744. The molecule has 2 fully saturated rings. The van der Waals surface area contributed by atoms with Gasteiger partial charge in [0.15, 0.2) is 11.6 Å². The number of aliphatic hydroxyl groups is 1. The number of fused-ring (bicyclic) bond motifs is 1. The fourth-order valence-corrected chi connectivity index (χ4v) is 6.17. The molecule has 0 amide bonds. The zero-order valence-corrected chi connectivity index (χ0v) is 24.5. The van der Waals surface area contributed by atoms with Gasteiger partial charge in [-0.1, -0.05) is 47.6 Å². The Balaban J connectivity index is 2.12. The van der Waals surface area contributed by atoms with E-state index < -0.39 is 46.4 Å². The Labute approximate surface area is 228 Å². The van der Waals surface area contributed by atoms with E-state index in [2.05, 4.69) is 6.58 Å². The molecule has 0 heterocycles. The molecule has 0 aromatic carbocycles. The Hall–Kier alpha value is -1.99. The minimum Gasteiger partial charge on any atom is -0.390 e. The maximum absolute atomic E-state index is 13.7. The minimum atomic E-state index is -1.01. The summed E-state index contributed by atoms with van der Waals surface area (Å²) in [5, 5.41) is 10.8. The lowest BCUT2D eigenvalue weighted by Gasteiger charge is -2.32. The van der Waals surface area contributed by atoms with Gasteiger partial charge in [-0.05, 0) is 49.4 Å². The highest BCUT2D eigenvalue weighted by Gasteiger charge is 2.72. The van der Waals surface area contributed by atoms with Crippen LogP contribution in [0, 0.1) is 40.4 Å². The second kappa shape index (κ2) is 12.0. The van der Waals surface area contributed by atoms with Crippen molar-refractivity contribution in [2.45, 2.75) is 111 Å². The molecule has 0 aliphatic heterocycles. The van der Waals surface area contributed by atoms with E-state index in [1.807, 2.05) is 41.5 Å². The Kier molecular flexibility index (Phi) is 10.2. The Morgan fingerprint density at radius 1 is 1.08 bits per heavy atom. The molecule has 0 spiro atoms. The van der Waals surface area contributed by atoms with Gasteiger partial charge in [0.25, 0.3) is 0 Å². The monoisotopic (exact) mass is 531 g/mol. The molecule has 2 saturated carbocycles. The van der Waals surface area contributed by atoms with Crippen LogP contribution in [0.5, 0.6) is 0 Å². The first-order chi connectivity index (χ1) is 17.3. The number of hydrogen-bond donors (Lipinski definition) is 2. The standard InChI is InChI=1S/C31H49NO6/c1-9-10-12-18(26(36)22(34)14-11-13-19(33)17-29(2,3)4)15-23(35)24-20(16-21-25(24)31(21,8)38)27(37)28(32)30(5,6)7/h9,18,20-21,24-25,28,38H,1,10-17,32H2,2-8H3/t18-,20?,21?,24?,25?,28?,31-/m0/s1. The number of hydrogen-bond acceptors (Lipinski definition) is 7. The number of ketones is 5. The molecule has 7 heteroatoms. The van der Waals surface area contributed by atoms with Crippen LogP contribution in [0.15, 0.2) is 12.7 Å². The van der Waals surface area contributed by atoms with Crippen LogP contribution in [0.3, 0.4) is 0 Å². The van der Waals surface area contributed by atoms with Crippen molar-refractivity contribution in [1.82, 2.24) is 0 Å². The zero-order chi connectivity index (χ0) is 29.2.